The van der Waals surface area contributed by atoms with Crippen molar-refractivity contribution in [3.05, 3.63) is 46.8 Å². The summed E-state index contributed by atoms with van der Waals surface area (Å²) in [5.41, 5.74) is 4.22. The molecule has 0 saturated heterocycles. The van der Waals surface area contributed by atoms with Crippen molar-refractivity contribution in [2.75, 3.05) is 14.1 Å². The molecule has 1 aromatic carbocycles. The van der Waals surface area contributed by atoms with Crippen molar-refractivity contribution in [1.82, 2.24) is 20.0 Å². The van der Waals surface area contributed by atoms with E-state index in [2.05, 4.69) is 20.1 Å². The van der Waals surface area contributed by atoms with E-state index >= 15 is 0 Å². The predicted molar refractivity (Wildman–Crippen MR) is 97.4 cm³/mol. The molecule has 1 aromatic heterocycles. The number of aryl methyl sites for hydroxylation is 2. The minimum Gasteiger partial charge on any atom is -0.435 e. The molecule has 0 unspecified atom stereocenters. The summed E-state index contributed by atoms with van der Waals surface area (Å²) in [6.45, 7) is 2.42. The molecule has 1 heterocycles. The second-order valence-corrected chi connectivity index (χ2v) is 6.05. The van der Waals surface area contributed by atoms with Crippen LogP contribution in [-0.2, 0) is 20.1 Å². The Labute approximate surface area is 152 Å². The molecule has 0 amide bonds. The van der Waals surface area contributed by atoms with Gasteiger partial charge in [-0.1, -0.05) is 12.1 Å². The quantitative estimate of drug-likeness (QED) is 0.632. The number of rotatable bonds is 6. The summed E-state index contributed by atoms with van der Waals surface area (Å²) in [5.74, 6) is 0.886. The van der Waals surface area contributed by atoms with E-state index < -0.39 is 6.61 Å². The zero-order chi connectivity index (χ0) is 19.3. The van der Waals surface area contributed by atoms with Crippen molar-refractivity contribution in [2.24, 2.45) is 12.0 Å². The molecule has 2 aromatic rings. The molecular formula is C18H25F2N5O. The first-order valence-corrected chi connectivity index (χ1v) is 8.26. The third kappa shape index (κ3) is 4.93. The van der Waals surface area contributed by atoms with Crippen LogP contribution in [0.15, 0.2) is 29.3 Å². The lowest BCUT2D eigenvalue weighted by atomic mass is 10.2. The SMILES string of the molecule is CN=C(NCc1c(C)nn(C)c1C)N(C)Cc1ccc(OC(F)F)cc1. The molecule has 0 aliphatic rings. The van der Waals surface area contributed by atoms with Crippen LogP contribution in [0, 0.1) is 13.8 Å². The van der Waals surface area contributed by atoms with E-state index in [4.69, 9.17) is 0 Å². The average Bonchev–Trinajstić information content (AvgIpc) is 2.82. The lowest BCUT2D eigenvalue weighted by Gasteiger charge is -2.22. The molecule has 0 spiro atoms. The van der Waals surface area contributed by atoms with E-state index in [9.17, 15) is 8.78 Å². The number of aliphatic imine (C=N–C) groups is 1. The first-order chi connectivity index (χ1) is 12.3. The molecule has 8 heteroatoms. The number of guanidine groups is 1. The van der Waals surface area contributed by atoms with Gasteiger partial charge in [0.1, 0.15) is 5.75 Å². The molecular weight excluding hydrogens is 340 g/mol. The van der Waals surface area contributed by atoms with Gasteiger partial charge in [-0.25, -0.2) is 0 Å². The second-order valence-electron chi connectivity index (χ2n) is 6.05. The van der Waals surface area contributed by atoms with Crippen LogP contribution < -0.4 is 10.1 Å². The number of ether oxygens (including phenoxy) is 1. The Morgan fingerprint density at radius 1 is 1.31 bits per heavy atom. The van der Waals surface area contributed by atoms with E-state index in [1.54, 1.807) is 19.2 Å². The third-order valence-corrected chi connectivity index (χ3v) is 4.22. The highest BCUT2D eigenvalue weighted by Crippen LogP contribution is 2.16. The van der Waals surface area contributed by atoms with Crippen LogP contribution in [0.1, 0.15) is 22.5 Å². The van der Waals surface area contributed by atoms with Crippen LogP contribution >= 0.6 is 0 Å². The van der Waals surface area contributed by atoms with Crippen LogP contribution in [0.5, 0.6) is 5.75 Å². The predicted octanol–water partition coefficient (Wildman–Crippen LogP) is 2.85. The average molecular weight is 365 g/mol. The number of nitrogens with zero attached hydrogens (tertiary/aromatic N) is 4. The number of hydrogen-bond donors (Lipinski definition) is 1. The van der Waals surface area contributed by atoms with Gasteiger partial charge in [0.25, 0.3) is 0 Å². The first kappa shape index (κ1) is 19.7. The minimum absolute atomic E-state index is 0.149. The fraction of sp³-hybridized carbons (Fsp3) is 0.444. The van der Waals surface area contributed by atoms with Gasteiger partial charge in [-0.05, 0) is 31.5 Å². The largest absolute Gasteiger partial charge is 0.435 e. The Balaban J connectivity index is 1.97. The zero-order valence-electron chi connectivity index (χ0n) is 15.8. The van der Waals surface area contributed by atoms with Crippen LogP contribution in [0.4, 0.5) is 8.78 Å². The topological polar surface area (TPSA) is 54.7 Å². The number of halogens is 2. The molecule has 1 N–H and O–H groups in total. The third-order valence-electron chi connectivity index (χ3n) is 4.22. The summed E-state index contributed by atoms with van der Waals surface area (Å²) in [4.78, 5) is 6.26. The van der Waals surface area contributed by atoms with Gasteiger partial charge in [0, 0.05) is 45.5 Å². The van der Waals surface area contributed by atoms with Gasteiger partial charge < -0.3 is 15.0 Å². The first-order valence-electron chi connectivity index (χ1n) is 8.26. The van der Waals surface area contributed by atoms with Crippen LogP contribution in [0.25, 0.3) is 0 Å². The van der Waals surface area contributed by atoms with Crippen molar-refractivity contribution in [1.29, 1.82) is 0 Å². The van der Waals surface area contributed by atoms with E-state index in [1.807, 2.05) is 37.5 Å². The van der Waals surface area contributed by atoms with Gasteiger partial charge in [-0.15, -0.1) is 0 Å². The van der Waals surface area contributed by atoms with Gasteiger partial charge >= 0.3 is 6.61 Å². The molecule has 6 nitrogen and oxygen atoms in total. The standard InChI is InChI=1S/C18H25F2N5O/c1-12-16(13(2)25(5)23-12)10-22-18(21-3)24(4)11-14-6-8-15(9-7-14)26-17(19)20/h6-9,17H,10-11H2,1-5H3,(H,21,22). The number of hydrogen-bond acceptors (Lipinski definition) is 3. The Hall–Kier alpha value is -2.64. The van der Waals surface area contributed by atoms with E-state index in [0.717, 1.165) is 28.5 Å². The lowest BCUT2D eigenvalue weighted by Crippen LogP contribution is -2.38. The number of benzene rings is 1. The number of aromatic nitrogens is 2. The summed E-state index contributed by atoms with van der Waals surface area (Å²) in [5, 5.41) is 7.75. The van der Waals surface area contributed by atoms with Crippen molar-refractivity contribution in [3.8, 4) is 5.75 Å². The minimum atomic E-state index is -2.81. The van der Waals surface area contributed by atoms with Crippen molar-refractivity contribution >= 4 is 5.96 Å². The van der Waals surface area contributed by atoms with E-state index in [-0.39, 0.29) is 5.75 Å². The second kappa shape index (κ2) is 8.64. The van der Waals surface area contributed by atoms with Gasteiger partial charge in [0.05, 0.1) is 5.69 Å². The summed E-state index contributed by atoms with van der Waals surface area (Å²) in [7, 11) is 5.57. The molecule has 0 fully saturated rings. The normalized spacial score (nSPS) is 11.8. The molecule has 0 radical (unpaired) electrons. The van der Waals surface area contributed by atoms with Crippen molar-refractivity contribution in [2.45, 2.75) is 33.5 Å². The maximum atomic E-state index is 12.2. The summed E-state index contributed by atoms with van der Waals surface area (Å²) >= 11 is 0. The summed E-state index contributed by atoms with van der Waals surface area (Å²) < 4.78 is 30.6. The highest BCUT2D eigenvalue weighted by atomic mass is 19.3. The van der Waals surface area contributed by atoms with Gasteiger partial charge in [0.15, 0.2) is 5.96 Å². The Bertz CT molecular complexity index is 756. The summed E-state index contributed by atoms with van der Waals surface area (Å²) in [6, 6.07) is 6.59. The van der Waals surface area contributed by atoms with Gasteiger partial charge in [0.2, 0.25) is 0 Å². The van der Waals surface area contributed by atoms with Crippen molar-refractivity contribution in [3.63, 3.8) is 0 Å². The van der Waals surface area contributed by atoms with Crippen LogP contribution in [0.3, 0.4) is 0 Å². The molecule has 0 atom stereocenters. The van der Waals surface area contributed by atoms with E-state index in [0.29, 0.717) is 13.1 Å². The van der Waals surface area contributed by atoms with Crippen LogP contribution in [0.2, 0.25) is 0 Å². The maximum Gasteiger partial charge on any atom is 0.387 e. The molecule has 2 rings (SSSR count). The fourth-order valence-electron chi connectivity index (χ4n) is 2.75. The number of alkyl halides is 2. The highest BCUT2D eigenvalue weighted by Gasteiger charge is 2.12. The van der Waals surface area contributed by atoms with Gasteiger partial charge in [-0.2, -0.15) is 13.9 Å². The maximum absolute atomic E-state index is 12.2. The molecule has 0 aliphatic carbocycles. The molecule has 0 bridgehead atoms. The number of nitrogens with one attached hydrogen (secondary N) is 1. The zero-order valence-corrected chi connectivity index (χ0v) is 15.8. The van der Waals surface area contributed by atoms with Crippen LogP contribution in [-0.4, -0.2) is 41.3 Å². The molecule has 26 heavy (non-hydrogen) atoms. The smallest absolute Gasteiger partial charge is 0.387 e. The summed E-state index contributed by atoms with van der Waals surface area (Å²) in [6.07, 6.45) is 0. The van der Waals surface area contributed by atoms with Gasteiger partial charge in [-0.3, -0.25) is 9.67 Å². The Morgan fingerprint density at radius 2 is 1.96 bits per heavy atom. The molecule has 142 valence electrons. The van der Waals surface area contributed by atoms with E-state index in [1.165, 1.54) is 12.1 Å². The highest BCUT2D eigenvalue weighted by molar-refractivity contribution is 5.79. The lowest BCUT2D eigenvalue weighted by molar-refractivity contribution is -0.0498. The Morgan fingerprint density at radius 3 is 2.46 bits per heavy atom. The monoisotopic (exact) mass is 365 g/mol. The Kier molecular flexibility index (Phi) is 6.54. The molecule has 0 aliphatic heterocycles. The van der Waals surface area contributed by atoms with Crippen molar-refractivity contribution < 1.29 is 13.5 Å². The molecule has 0 saturated carbocycles. The fourth-order valence-corrected chi connectivity index (χ4v) is 2.75.